The molecule has 5 rings (SSSR count). The van der Waals surface area contributed by atoms with Gasteiger partial charge in [-0.25, -0.2) is 4.98 Å². The van der Waals surface area contributed by atoms with Crippen LogP contribution in [0, 0.1) is 5.92 Å². The molecule has 0 amide bonds. The number of imidazole rings is 1. The van der Waals surface area contributed by atoms with Crippen LogP contribution < -0.4 is 5.73 Å². The third-order valence-corrected chi connectivity index (χ3v) is 6.75. The van der Waals surface area contributed by atoms with E-state index < -0.39 is 0 Å². The third-order valence-electron chi connectivity index (χ3n) is 6.75. The van der Waals surface area contributed by atoms with Crippen LogP contribution in [0.2, 0.25) is 0 Å². The van der Waals surface area contributed by atoms with Gasteiger partial charge in [0, 0.05) is 48.7 Å². The second-order valence-corrected chi connectivity index (χ2v) is 8.29. The SMILES string of the molecule is Nc1ccn2cc(C3CC4CCC(C3)N4CC3CCCC3)nc2c1. The molecule has 1 saturated carbocycles. The quantitative estimate of drug-likeness (QED) is 0.933. The molecule has 4 heterocycles. The summed E-state index contributed by atoms with van der Waals surface area (Å²) in [4.78, 5) is 7.76. The Morgan fingerprint density at radius 2 is 1.83 bits per heavy atom. The van der Waals surface area contributed by atoms with Crippen LogP contribution in [0.25, 0.3) is 5.65 Å². The number of nitrogen functional groups attached to an aromatic ring is 1. The van der Waals surface area contributed by atoms with Crippen molar-refractivity contribution >= 4 is 11.3 Å². The molecular weight excluding hydrogens is 296 g/mol. The molecule has 1 aliphatic carbocycles. The summed E-state index contributed by atoms with van der Waals surface area (Å²) in [6.45, 7) is 1.36. The van der Waals surface area contributed by atoms with Crippen molar-refractivity contribution in [2.24, 2.45) is 5.92 Å². The number of hydrogen-bond acceptors (Lipinski definition) is 3. The molecule has 2 bridgehead atoms. The normalized spacial score (nSPS) is 31.2. The smallest absolute Gasteiger partial charge is 0.139 e. The molecular formula is C20H28N4. The number of nitrogens with zero attached hydrogens (tertiary/aromatic N) is 3. The van der Waals surface area contributed by atoms with Crippen LogP contribution in [-0.4, -0.2) is 32.9 Å². The highest BCUT2D eigenvalue weighted by Gasteiger charge is 2.42. The number of anilines is 1. The highest BCUT2D eigenvalue weighted by Crippen LogP contribution is 2.44. The lowest BCUT2D eigenvalue weighted by Crippen LogP contribution is -2.44. The number of aromatic nitrogens is 2. The molecule has 2 aromatic rings. The van der Waals surface area contributed by atoms with Gasteiger partial charge in [0.15, 0.2) is 0 Å². The summed E-state index contributed by atoms with van der Waals surface area (Å²) >= 11 is 0. The van der Waals surface area contributed by atoms with Crippen LogP contribution in [-0.2, 0) is 0 Å². The molecule has 2 N–H and O–H groups in total. The minimum atomic E-state index is 0.628. The van der Waals surface area contributed by atoms with E-state index in [-0.39, 0.29) is 0 Å². The summed E-state index contributed by atoms with van der Waals surface area (Å²) in [5, 5.41) is 0. The number of hydrogen-bond donors (Lipinski definition) is 1. The predicted molar refractivity (Wildman–Crippen MR) is 97.1 cm³/mol. The topological polar surface area (TPSA) is 46.6 Å². The molecule has 3 aliphatic rings. The summed E-state index contributed by atoms with van der Waals surface area (Å²) < 4.78 is 2.12. The van der Waals surface area contributed by atoms with Crippen molar-refractivity contribution < 1.29 is 0 Å². The molecule has 2 unspecified atom stereocenters. The lowest BCUT2D eigenvalue weighted by molar-refractivity contribution is 0.106. The highest BCUT2D eigenvalue weighted by molar-refractivity contribution is 5.52. The van der Waals surface area contributed by atoms with Gasteiger partial charge in [-0.2, -0.15) is 0 Å². The van der Waals surface area contributed by atoms with Crippen molar-refractivity contribution in [2.75, 3.05) is 12.3 Å². The largest absolute Gasteiger partial charge is 0.399 e. The maximum atomic E-state index is 5.90. The lowest BCUT2D eigenvalue weighted by Gasteiger charge is -2.39. The summed E-state index contributed by atoms with van der Waals surface area (Å²) in [5.74, 6) is 1.60. The van der Waals surface area contributed by atoms with Gasteiger partial charge in [0.25, 0.3) is 0 Å². The van der Waals surface area contributed by atoms with Gasteiger partial charge >= 0.3 is 0 Å². The minimum absolute atomic E-state index is 0.628. The Hall–Kier alpha value is -1.55. The fraction of sp³-hybridized carbons (Fsp3) is 0.650. The second-order valence-electron chi connectivity index (χ2n) is 8.29. The minimum Gasteiger partial charge on any atom is -0.399 e. The van der Waals surface area contributed by atoms with Crippen molar-refractivity contribution in [1.82, 2.24) is 14.3 Å². The first kappa shape index (κ1) is 14.8. The van der Waals surface area contributed by atoms with Crippen LogP contribution >= 0.6 is 0 Å². The fourth-order valence-electron chi connectivity index (χ4n) is 5.52. The molecule has 3 fully saturated rings. The van der Waals surface area contributed by atoms with Crippen molar-refractivity contribution in [3.05, 3.63) is 30.2 Å². The maximum Gasteiger partial charge on any atom is 0.139 e. The molecule has 2 aliphatic heterocycles. The Morgan fingerprint density at radius 1 is 1.08 bits per heavy atom. The van der Waals surface area contributed by atoms with Gasteiger partial charge in [-0.3, -0.25) is 4.90 Å². The van der Waals surface area contributed by atoms with E-state index in [4.69, 9.17) is 10.7 Å². The summed E-state index contributed by atoms with van der Waals surface area (Å²) in [7, 11) is 0. The summed E-state index contributed by atoms with van der Waals surface area (Å²) in [6.07, 6.45) is 15.5. The number of rotatable bonds is 3. The van der Waals surface area contributed by atoms with Crippen molar-refractivity contribution in [3.8, 4) is 0 Å². The van der Waals surface area contributed by atoms with Gasteiger partial charge in [0.2, 0.25) is 0 Å². The molecule has 2 aromatic heterocycles. The van der Waals surface area contributed by atoms with Gasteiger partial charge in [0.05, 0.1) is 5.69 Å². The highest BCUT2D eigenvalue weighted by atomic mass is 15.2. The molecule has 0 radical (unpaired) electrons. The second kappa shape index (κ2) is 5.76. The first-order chi connectivity index (χ1) is 11.8. The molecule has 4 heteroatoms. The standard InChI is InChI=1S/C20H28N4/c21-16-7-8-23-13-19(22-20(23)11-16)15-9-17-5-6-18(10-15)24(17)12-14-3-1-2-4-14/h7-8,11,13-15,17-18H,1-6,9-10,12,21H2. The van der Waals surface area contributed by atoms with E-state index in [0.29, 0.717) is 5.92 Å². The van der Waals surface area contributed by atoms with Crippen LogP contribution in [0.15, 0.2) is 24.5 Å². The van der Waals surface area contributed by atoms with Gasteiger partial charge in [-0.15, -0.1) is 0 Å². The van der Waals surface area contributed by atoms with Crippen molar-refractivity contribution in [3.63, 3.8) is 0 Å². The summed E-state index contributed by atoms with van der Waals surface area (Å²) in [5.41, 5.74) is 8.97. The average Bonchev–Trinajstić information content (AvgIpc) is 3.27. The van der Waals surface area contributed by atoms with E-state index in [1.165, 1.54) is 63.6 Å². The molecule has 2 atom stereocenters. The zero-order chi connectivity index (χ0) is 16.1. The van der Waals surface area contributed by atoms with E-state index in [1.807, 2.05) is 18.3 Å². The van der Waals surface area contributed by atoms with Gasteiger partial charge in [0.1, 0.15) is 5.65 Å². The van der Waals surface area contributed by atoms with Crippen LogP contribution in [0.3, 0.4) is 0 Å². The van der Waals surface area contributed by atoms with Gasteiger partial charge in [-0.05, 0) is 50.5 Å². The first-order valence-corrected chi connectivity index (χ1v) is 9.76. The molecule has 0 spiro atoms. The number of fused-ring (bicyclic) bond motifs is 3. The van der Waals surface area contributed by atoms with Crippen LogP contribution in [0.4, 0.5) is 5.69 Å². The Morgan fingerprint density at radius 3 is 2.58 bits per heavy atom. The van der Waals surface area contributed by atoms with Crippen molar-refractivity contribution in [2.45, 2.75) is 69.4 Å². The van der Waals surface area contributed by atoms with Gasteiger partial charge < -0.3 is 10.1 Å². The van der Waals surface area contributed by atoms with E-state index >= 15 is 0 Å². The third kappa shape index (κ3) is 2.52. The molecule has 0 aromatic carbocycles. The zero-order valence-electron chi connectivity index (χ0n) is 14.4. The molecule has 24 heavy (non-hydrogen) atoms. The molecule has 128 valence electrons. The Bertz CT molecular complexity index is 716. The first-order valence-electron chi connectivity index (χ1n) is 9.76. The van der Waals surface area contributed by atoms with E-state index in [2.05, 4.69) is 15.5 Å². The Balaban J connectivity index is 1.34. The van der Waals surface area contributed by atoms with Crippen molar-refractivity contribution in [1.29, 1.82) is 0 Å². The van der Waals surface area contributed by atoms with Crippen LogP contribution in [0.5, 0.6) is 0 Å². The van der Waals surface area contributed by atoms with Gasteiger partial charge in [-0.1, -0.05) is 12.8 Å². The number of piperidine rings is 1. The Labute approximate surface area is 144 Å². The maximum absolute atomic E-state index is 5.90. The lowest BCUT2D eigenvalue weighted by atomic mass is 9.87. The van der Waals surface area contributed by atoms with E-state index in [1.54, 1.807) is 0 Å². The molecule has 4 nitrogen and oxygen atoms in total. The summed E-state index contributed by atoms with van der Waals surface area (Å²) in [6, 6.07) is 5.52. The molecule has 2 saturated heterocycles. The predicted octanol–water partition coefficient (Wildman–Crippen LogP) is 3.82. The number of pyridine rings is 1. The van der Waals surface area contributed by atoms with E-state index in [9.17, 15) is 0 Å². The van der Waals surface area contributed by atoms with E-state index in [0.717, 1.165) is 29.3 Å². The zero-order valence-corrected chi connectivity index (χ0v) is 14.4. The Kier molecular flexibility index (Phi) is 3.55. The average molecular weight is 324 g/mol. The number of nitrogens with two attached hydrogens (primary N) is 1. The fourth-order valence-corrected chi connectivity index (χ4v) is 5.52. The monoisotopic (exact) mass is 324 g/mol. The van der Waals surface area contributed by atoms with Crippen LogP contribution in [0.1, 0.15) is 63.0 Å².